The number of ether oxygens (including phenoxy) is 6. The first-order valence-electron chi connectivity index (χ1n) is 23.6. The maximum atomic E-state index is 14.3. The van der Waals surface area contributed by atoms with Gasteiger partial charge in [0.25, 0.3) is 0 Å². The van der Waals surface area contributed by atoms with Crippen LogP contribution in [0.4, 0.5) is 4.79 Å². The lowest BCUT2D eigenvalue weighted by Crippen LogP contribution is -2.53. The quantitative estimate of drug-likeness (QED) is 0.0358. The van der Waals surface area contributed by atoms with Crippen LogP contribution in [0.25, 0.3) is 0 Å². The molecule has 0 aliphatic rings. The number of hydrogen-bond donors (Lipinski definition) is 3. The summed E-state index contributed by atoms with van der Waals surface area (Å²) in [5.41, 5.74) is 3.42. The summed E-state index contributed by atoms with van der Waals surface area (Å²) in [6, 6.07) is 34.5. The monoisotopic (exact) mass is 937 g/mol. The van der Waals surface area contributed by atoms with E-state index in [2.05, 4.69) is 16.0 Å². The van der Waals surface area contributed by atoms with E-state index in [4.69, 9.17) is 33.9 Å². The van der Waals surface area contributed by atoms with Crippen molar-refractivity contribution in [2.24, 2.45) is 0 Å². The van der Waals surface area contributed by atoms with Crippen molar-refractivity contribution in [1.29, 1.82) is 0 Å². The summed E-state index contributed by atoms with van der Waals surface area (Å²) in [6.45, 7) is -2.26. The Kier molecular flexibility index (Phi) is 18.5. The molecule has 0 fully saturated rings. The molecule has 3 amide bonds. The number of alkyl carbamates (subject to hydrolysis) is 1. The molecule has 15 heteroatoms. The topological polar surface area (TPSA) is 177 Å². The first kappa shape index (κ1) is 45.2. The Morgan fingerprint density at radius 2 is 1.09 bits per heavy atom. The second-order valence-electron chi connectivity index (χ2n) is 15.1. The van der Waals surface area contributed by atoms with Crippen molar-refractivity contribution >= 4 is 41.6 Å². The summed E-state index contributed by atoms with van der Waals surface area (Å²) in [6.07, 6.45) is -5.47. The molecular formula is C52H59N3O11S. The molecule has 3 N–H and O–H groups in total. The molecule has 0 aromatic heterocycles. The third kappa shape index (κ3) is 17.1. The van der Waals surface area contributed by atoms with Crippen molar-refractivity contribution in [3.05, 3.63) is 161 Å². The maximum Gasteiger partial charge on any atom is 0.408 e. The van der Waals surface area contributed by atoms with Crippen LogP contribution in [0.2, 0.25) is 0 Å². The molecular weight excluding hydrogens is 875 g/mol. The van der Waals surface area contributed by atoms with E-state index in [0.29, 0.717) is 45.3 Å². The fraction of sp³-hybridized carbons (Fsp3) is 0.327. The molecule has 5 rings (SSSR count). The van der Waals surface area contributed by atoms with E-state index in [-0.39, 0.29) is 38.2 Å². The number of nitrogens with one attached hydrogen (secondary N) is 3. The number of methoxy groups -OCH3 is 3. The molecule has 5 aromatic rings. The maximum absolute atomic E-state index is 14.3. The van der Waals surface area contributed by atoms with Crippen LogP contribution >= 0.6 is 11.8 Å². The van der Waals surface area contributed by atoms with Crippen LogP contribution in [-0.2, 0) is 52.4 Å². The molecule has 14 nitrogen and oxygen atoms in total. The Labute approximate surface area is 402 Å². The predicted octanol–water partition coefficient (Wildman–Crippen LogP) is 8.26. The van der Waals surface area contributed by atoms with Crippen LogP contribution in [0, 0.1) is 0 Å². The molecule has 0 radical (unpaired) electrons. The van der Waals surface area contributed by atoms with Crippen molar-refractivity contribution in [2.45, 2.75) is 82.1 Å². The molecule has 0 aliphatic heterocycles. The Bertz CT molecular complexity index is 2420. The van der Waals surface area contributed by atoms with Crippen LogP contribution in [-0.4, -0.2) is 75.1 Å². The molecule has 0 saturated carbocycles. The first-order chi connectivity index (χ1) is 34.2. The number of benzene rings is 5. The number of carbonyl (C=O) groups excluding carboxylic acids is 5. The summed E-state index contributed by atoms with van der Waals surface area (Å²) >= 11 is 1.30. The smallest absolute Gasteiger partial charge is 0.408 e. The average molecular weight is 938 g/mol. The van der Waals surface area contributed by atoms with Gasteiger partial charge in [0.15, 0.2) is 6.10 Å². The molecule has 0 heterocycles. The van der Waals surface area contributed by atoms with Crippen LogP contribution in [0.5, 0.6) is 17.2 Å². The third-order valence-electron chi connectivity index (χ3n) is 10.3. The van der Waals surface area contributed by atoms with Gasteiger partial charge in [-0.05, 0) is 83.5 Å². The van der Waals surface area contributed by atoms with Crippen LogP contribution in [0.15, 0.2) is 133 Å². The van der Waals surface area contributed by atoms with Crippen LogP contribution in [0.1, 0.15) is 78.3 Å². The van der Waals surface area contributed by atoms with Crippen molar-refractivity contribution in [2.75, 3.05) is 27.1 Å². The highest BCUT2D eigenvalue weighted by molar-refractivity contribution is 7.98. The van der Waals surface area contributed by atoms with Gasteiger partial charge < -0.3 is 44.4 Å². The molecule has 0 saturated heterocycles. The van der Waals surface area contributed by atoms with Gasteiger partial charge in [-0.1, -0.05) is 110 Å². The van der Waals surface area contributed by atoms with Gasteiger partial charge >= 0.3 is 18.0 Å². The van der Waals surface area contributed by atoms with E-state index >= 15 is 0 Å². The van der Waals surface area contributed by atoms with Gasteiger partial charge in [0, 0.05) is 23.4 Å². The molecule has 67 heavy (non-hydrogen) atoms. The Morgan fingerprint density at radius 1 is 0.582 bits per heavy atom. The fourth-order valence-corrected chi connectivity index (χ4v) is 7.60. The van der Waals surface area contributed by atoms with Crippen molar-refractivity contribution < 1.29 is 57.9 Å². The van der Waals surface area contributed by atoms with Crippen molar-refractivity contribution in [3.8, 4) is 17.2 Å². The van der Waals surface area contributed by atoms with E-state index in [0.717, 1.165) is 5.56 Å². The number of hydrogen-bond acceptors (Lipinski definition) is 12. The van der Waals surface area contributed by atoms with Gasteiger partial charge in [0.2, 0.25) is 11.8 Å². The average Bonchev–Trinajstić information content (AvgIpc) is 3.38. The number of carbonyl (C=O) groups is 5. The lowest BCUT2D eigenvalue weighted by Gasteiger charge is -2.25. The molecule has 0 spiro atoms. The second kappa shape index (κ2) is 27.5. The van der Waals surface area contributed by atoms with E-state index in [1.165, 1.54) is 26.0 Å². The van der Waals surface area contributed by atoms with Gasteiger partial charge in [-0.25, -0.2) is 14.4 Å². The van der Waals surface area contributed by atoms with Crippen molar-refractivity contribution in [3.63, 3.8) is 0 Å². The predicted molar refractivity (Wildman–Crippen MR) is 255 cm³/mol. The van der Waals surface area contributed by atoms with Gasteiger partial charge in [0.05, 0.1) is 21.3 Å². The highest BCUT2D eigenvalue weighted by Gasteiger charge is 2.30. The number of esters is 2. The van der Waals surface area contributed by atoms with Gasteiger partial charge in [-0.2, -0.15) is 11.8 Å². The number of rotatable bonds is 26. The summed E-state index contributed by atoms with van der Waals surface area (Å²) in [7, 11) is 4.61. The SMILES string of the molecule is [2H]C([2H])C([2H])([2H])C[C@@H](NC(=O)[C@H](CSCc1ccc(OC)cc1)NC(=O)CCC[C@H](NC(=O)OCc1ccc(OC)cc1)C(=O)OCc1ccc(OC)cc1)C(=O)OC(c1ccccc1)c1ccccc1. The minimum Gasteiger partial charge on any atom is -0.497 e. The van der Waals surface area contributed by atoms with E-state index in [1.807, 2.05) is 12.1 Å². The molecule has 0 aliphatic carbocycles. The van der Waals surface area contributed by atoms with Gasteiger partial charge in [-0.15, -0.1) is 0 Å². The number of amides is 3. The molecule has 354 valence electrons. The lowest BCUT2D eigenvalue weighted by atomic mass is 10.0. The van der Waals surface area contributed by atoms with E-state index < -0.39 is 73.7 Å². The zero-order valence-electron chi connectivity index (χ0n) is 41.6. The Balaban J connectivity index is 1.31. The molecule has 0 bridgehead atoms. The van der Waals surface area contributed by atoms with E-state index in [1.54, 1.807) is 128 Å². The summed E-state index contributed by atoms with van der Waals surface area (Å²) in [5.74, 6) is -0.962. The Morgan fingerprint density at radius 3 is 1.61 bits per heavy atom. The van der Waals surface area contributed by atoms with Gasteiger partial charge in [0.1, 0.15) is 48.6 Å². The largest absolute Gasteiger partial charge is 0.497 e. The van der Waals surface area contributed by atoms with Crippen LogP contribution in [0.3, 0.4) is 0 Å². The van der Waals surface area contributed by atoms with Crippen molar-refractivity contribution in [1.82, 2.24) is 16.0 Å². The Hall–Kier alpha value is -7.00. The normalized spacial score (nSPS) is 13.3. The van der Waals surface area contributed by atoms with Crippen LogP contribution < -0.4 is 30.2 Å². The molecule has 3 atom stereocenters. The minimum absolute atomic E-state index is 0.00364. The zero-order valence-corrected chi connectivity index (χ0v) is 38.5. The second-order valence-corrected chi connectivity index (χ2v) is 16.1. The zero-order chi connectivity index (χ0) is 51.2. The fourth-order valence-electron chi connectivity index (χ4n) is 6.58. The standard InChI is InChI=1S/C52H59N3O11S/c1-5-13-44(51(59)66-48(39-14-8-6-9-15-39)40-16-10-7-11-17-40)54-49(57)46(35-67-34-38-24-30-43(63-4)31-25-38)53-47(56)19-12-18-45(50(58)64-32-36-20-26-41(61-2)27-21-36)55-52(60)65-33-37-22-28-42(62-3)29-23-37/h6-11,14-17,20-31,44-46,48H,5,12-13,18-19,32-35H2,1-4H3,(H,53,56)(H,54,57)(H,55,60)/t44-,45+,46+/m1/s1/i1D2,5D2. The summed E-state index contributed by atoms with van der Waals surface area (Å²) in [4.78, 5) is 68.7. The first-order valence-corrected chi connectivity index (χ1v) is 22.6. The highest BCUT2D eigenvalue weighted by Crippen LogP contribution is 2.27. The molecule has 0 unspecified atom stereocenters. The van der Waals surface area contributed by atoms with E-state index in [9.17, 15) is 24.0 Å². The lowest BCUT2D eigenvalue weighted by molar-refractivity contribution is -0.152. The van der Waals surface area contributed by atoms with Gasteiger partial charge in [-0.3, -0.25) is 9.59 Å². The number of thioether (sulfide) groups is 1. The highest BCUT2D eigenvalue weighted by atomic mass is 32.2. The minimum atomic E-state index is -2.57. The molecule has 5 aromatic carbocycles. The summed E-state index contributed by atoms with van der Waals surface area (Å²) in [5, 5.41) is 7.86. The third-order valence-corrected chi connectivity index (χ3v) is 11.4. The summed E-state index contributed by atoms with van der Waals surface area (Å²) < 4.78 is 65.2.